The van der Waals surface area contributed by atoms with Gasteiger partial charge in [-0.15, -0.1) is 0 Å². The van der Waals surface area contributed by atoms with E-state index in [0.29, 0.717) is 12.0 Å². The van der Waals surface area contributed by atoms with Crippen molar-refractivity contribution in [2.24, 2.45) is 5.92 Å². The first-order valence-electron chi connectivity index (χ1n) is 7.51. The second-order valence-electron chi connectivity index (χ2n) is 5.59. The number of ether oxygens (including phenoxy) is 1. The van der Waals surface area contributed by atoms with E-state index in [1.165, 1.54) is 17.5 Å². The smallest absolute Gasteiger partial charge is 0.0661 e. The highest BCUT2D eigenvalue weighted by Crippen LogP contribution is 2.15. The van der Waals surface area contributed by atoms with Crippen LogP contribution in [0.25, 0.3) is 0 Å². The van der Waals surface area contributed by atoms with Gasteiger partial charge in [-0.2, -0.15) is 0 Å². The third-order valence-corrected chi connectivity index (χ3v) is 3.39. The lowest BCUT2D eigenvalue weighted by molar-refractivity contribution is 0.104. The predicted octanol–water partition coefficient (Wildman–Crippen LogP) is 3.96. The van der Waals surface area contributed by atoms with Gasteiger partial charge >= 0.3 is 0 Å². The van der Waals surface area contributed by atoms with Crippen LogP contribution in [0, 0.1) is 5.92 Å². The third kappa shape index (κ3) is 6.22. The summed E-state index contributed by atoms with van der Waals surface area (Å²) in [6.45, 7) is 8.27. The summed E-state index contributed by atoms with van der Waals surface area (Å²) in [7, 11) is 2.00. The van der Waals surface area contributed by atoms with E-state index in [-0.39, 0.29) is 0 Å². The summed E-state index contributed by atoms with van der Waals surface area (Å²) in [5.74, 6) is 0.710. The van der Waals surface area contributed by atoms with Crippen LogP contribution >= 0.6 is 0 Å². The van der Waals surface area contributed by atoms with E-state index < -0.39 is 0 Å². The molecular weight excluding hydrogens is 234 g/mol. The molecule has 1 aromatic rings. The zero-order valence-corrected chi connectivity index (χ0v) is 12.9. The highest BCUT2D eigenvalue weighted by molar-refractivity contribution is 5.25. The molecule has 2 nitrogen and oxygen atoms in total. The molecule has 0 aliphatic carbocycles. The summed E-state index contributed by atoms with van der Waals surface area (Å²) in [4.78, 5) is 0. The molecule has 108 valence electrons. The standard InChI is InChI=1S/C17H29NO/c1-5-6-15-7-9-16(10-8-15)17(18-4)13-19-12-11-14(2)3/h7-10,14,17-18H,5-6,11-13H2,1-4H3. The van der Waals surface area contributed by atoms with Gasteiger partial charge in [-0.1, -0.05) is 51.5 Å². The number of likely N-dealkylation sites (N-methyl/N-ethyl adjacent to an activating group) is 1. The van der Waals surface area contributed by atoms with E-state index in [9.17, 15) is 0 Å². The Kier molecular flexibility index (Phi) is 7.76. The molecule has 0 aliphatic rings. The average molecular weight is 263 g/mol. The summed E-state index contributed by atoms with van der Waals surface area (Å²) >= 11 is 0. The minimum Gasteiger partial charge on any atom is -0.379 e. The van der Waals surface area contributed by atoms with Crippen LogP contribution in [0.5, 0.6) is 0 Å². The number of rotatable bonds is 9. The second kappa shape index (κ2) is 9.11. The molecule has 1 N–H and O–H groups in total. The maximum atomic E-state index is 5.77. The van der Waals surface area contributed by atoms with Gasteiger partial charge in [0, 0.05) is 6.61 Å². The van der Waals surface area contributed by atoms with Crippen LogP contribution in [0.3, 0.4) is 0 Å². The van der Waals surface area contributed by atoms with E-state index in [1.807, 2.05) is 7.05 Å². The zero-order chi connectivity index (χ0) is 14.1. The first-order chi connectivity index (χ1) is 9.17. The topological polar surface area (TPSA) is 21.3 Å². The maximum Gasteiger partial charge on any atom is 0.0661 e. The van der Waals surface area contributed by atoms with Crippen LogP contribution in [0.2, 0.25) is 0 Å². The van der Waals surface area contributed by atoms with Crippen molar-refractivity contribution in [2.75, 3.05) is 20.3 Å². The Morgan fingerprint density at radius 2 is 1.84 bits per heavy atom. The molecule has 1 aromatic carbocycles. The SMILES string of the molecule is CCCc1ccc(C(COCCC(C)C)NC)cc1. The molecular formula is C17H29NO. The first kappa shape index (κ1) is 16.2. The molecule has 0 saturated heterocycles. The Morgan fingerprint density at radius 3 is 2.37 bits per heavy atom. The lowest BCUT2D eigenvalue weighted by Gasteiger charge is -2.17. The fourth-order valence-corrected chi connectivity index (χ4v) is 2.07. The largest absolute Gasteiger partial charge is 0.379 e. The Morgan fingerprint density at radius 1 is 1.16 bits per heavy atom. The van der Waals surface area contributed by atoms with Gasteiger partial charge in [0.2, 0.25) is 0 Å². The summed E-state index contributed by atoms with van der Waals surface area (Å²) < 4.78 is 5.77. The lowest BCUT2D eigenvalue weighted by Crippen LogP contribution is -2.22. The van der Waals surface area contributed by atoms with Gasteiger partial charge in [-0.05, 0) is 36.9 Å². The van der Waals surface area contributed by atoms with Crippen LogP contribution in [-0.4, -0.2) is 20.3 Å². The first-order valence-corrected chi connectivity index (χ1v) is 7.51. The quantitative estimate of drug-likeness (QED) is 0.681. The molecule has 1 unspecified atom stereocenters. The predicted molar refractivity (Wildman–Crippen MR) is 82.5 cm³/mol. The highest BCUT2D eigenvalue weighted by Gasteiger charge is 2.09. The number of nitrogens with one attached hydrogen (secondary N) is 1. The van der Waals surface area contributed by atoms with Crippen molar-refractivity contribution < 1.29 is 4.74 Å². The Balaban J connectivity index is 2.45. The molecule has 1 atom stereocenters. The van der Waals surface area contributed by atoms with Gasteiger partial charge in [-0.3, -0.25) is 0 Å². The summed E-state index contributed by atoms with van der Waals surface area (Å²) in [5.41, 5.74) is 2.73. The van der Waals surface area contributed by atoms with Gasteiger partial charge < -0.3 is 10.1 Å². The summed E-state index contributed by atoms with van der Waals surface area (Å²) in [5, 5.41) is 3.33. The molecule has 0 aromatic heterocycles. The maximum absolute atomic E-state index is 5.77. The third-order valence-electron chi connectivity index (χ3n) is 3.39. The van der Waals surface area contributed by atoms with E-state index in [1.54, 1.807) is 0 Å². The van der Waals surface area contributed by atoms with Crippen molar-refractivity contribution >= 4 is 0 Å². The van der Waals surface area contributed by atoms with E-state index >= 15 is 0 Å². The number of hydrogen-bond donors (Lipinski definition) is 1. The number of hydrogen-bond acceptors (Lipinski definition) is 2. The minimum absolute atomic E-state index is 0.294. The molecule has 0 amide bonds. The molecule has 19 heavy (non-hydrogen) atoms. The van der Waals surface area contributed by atoms with E-state index in [4.69, 9.17) is 4.74 Å². The van der Waals surface area contributed by atoms with Crippen molar-refractivity contribution in [2.45, 2.75) is 46.1 Å². The summed E-state index contributed by atoms with van der Waals surface area (Å²) in [6.07, 6.45) is 3.49. The average Bonchev–Trinajstić information content (AvgIpc) is 2.40. The molecule has 0 heterocycles. The molecule has 0 fully saturated rings. The zero-order valence-electron chi connectivity index (χ0n) is 12.9. The van der Waals surface area contributed by atoms with Crippen molar-refractivity contribution in [1.29, 1.82) is 0 Å². The van der Waals surface area contributed by atoms with Crippen LogP contribution in [0.1, 0.15) is 50.8 Å². The Labute approximate surface area is 118 Å². The molecule has 2 heteroatoms. The molecule has 0 radical (unpaired) electrons. The number of benzene rings is 1. The fourth-order valence-electron chi connectivity index (χ4n) is 2.07. The van der Waals surface area contributed by atoms with Gasteiger partial charge in [0.1, 0.15) is 0 Å². The lowest BCUT2D eigenvalue weighted by atomic mass is 10.0. The van der Waals surface area contributed by atoms with Crippen LogP contribution < -0.4 is 5.32 Å². The van der Waals surface area contributed by atoms with E-state index in [2.05, 4.69) is 50.4 Å². The van der Waals surface area contributed by atoms with Crippen LogP contribution in [0.4, 0.5) is 0 Å². The molecule has 1 rings (SSSR count). The van der Waals surface area contributed by atoms with Crippen molar-refractivity contribution in [3.8, 4) is 0 Å². The highest BCUT2D eigenvalue weighted by atomic mass is 16.5. The Bertz CT molecular complexity index is 332. The fraction of sp³-hybridized carbons (Fsp3) is 0.647. The molecule has 0 bridgehead atoms. The van der Waals surface area contributed by atoms with Crippen molar-refractivity contribution in [3.05, 3.63) is 35.4 Å². The van der Waals surface area contributed by atoms with Crippen molar-refractivity contribution in [3.63, 3.8) is 0 Å². The second-order valence-corrected chi connectivity index (χ2v) is 5.59. The monoisotopic (exact) mass is 263 g/mol. The molecule has 0 aliphatic heterocycles. The number of aryl methyl sites for hydroxylation is 1. The van der Waals surface area contributed by atoms with E-state index in [0.717, 1.165) is 26.1 Å². The van der Waals surface area contributed by atoms with Gasteiger partial charge in [-0.25, -0.2) is 0 Å². The summed E-state index contributed by atoms with van der Waals surface area (Å²) in [6, 6.07) is 9.20. The normalized spacial score (nSPS) is 12.9. The van der Waals surface area contributed by atoms with Gasteiger partial charge in [0.15, 0.2) is 0 Å². The van der Waals surface area contributed by atoms with Crippen molar-refractivity contribution in [1.82, 2.24) is 5.32 Å². The van der Waals surface area contributed by atoms with Gasteiger partial charge in [0.05, 0.1) is 12.6 Å². The molecule has 0 spiro atoms. The Hall–Kier alpha value is -0.860. The van der Waals surface area contributed by atoms with Gasteiger partial charge in [0.25, 0.3) is 0 Å². The molecule has 0 saturated carbocycles. The van der Waals surface area contributed by atoms with Crippen LogP contribution in [0.15, 0.2) is 24.3 Å². The minimum atomic E-state index is 0.294. The van der Waals surface area contributed by atoms with Crippen LogP contribution in [-0.2, 0) is 11.2 Å².